The van der Waals surface area contributed by atoms with Gasteiger partial charge in [-0.15, -0.1) is 0 Å². The number of thioether (sulfide) groups is 1. The van der Waals surface area contributed by atoms with Crippen LogP contribution in [0.4, 0.5) is 0 Å². The minimum Gasteiger partial charge on any atom is -0.431 e. The highest BCUT2D eigenvalue weighted by atomic mass is 32.2. The molecule has 2 aromatic heterocycles. The molecule has 3 rings (SSSR count). The molecule has 0 saturated heterocycles. The summed E-state index contributed by atoms with van der Waals surface area (Å²) in [6.45, 7) is 4.06. The smallest absolute Gasteiger partial charge is 0.261 e. The number of para-hydroxylation sites is 2. The van der Waals surface area contributed by atoms with E-state index in [2.05, 4.69) is 15.3 Å². The van der Waals surface area contributed by atoms with E-state index in [4.69, 9.17) is 4.42 Å². The van der Waals surface area contributed by atoms with E-state index in [9.17, 15) is 9.59 Å². The van der Waals surface area contributed by atoms with Crippen LogP contribution in [-0.2, 0) is 0 Å². The minimum atomic E-state index is -0.377. The standard InChI is InChI=1S/C17H17N3O3S/c1-10-9-12(16(22)19-11(10)2)15(21)18-7-8-24-17-20-13-5-3-4-6-14(13)23-17/h3-6,9H,7-8H2,1-2H3,(H,18,21)(H,19,22). The summed E-state index contributed by atoms with van der Waals surface area (Å²) in [6.07, 6.45) is 0. The van der Waals surface area contributed by atoms with Gasteiger partial charge in [-0.05, 0) is 37.6 Å². The average Bonchev–Trinajstić information content (AvgIpc) is 2.97. The largest absolute Gasteiger partial charge is 0.431 e. The molecular formula is C17H17N3O3S. The van der Waals surface area contributed by atoms with Crippen molar-refractivity contribution in [1.29, 1.82) is 0 Å². The first-order valence-corrected chi connectivity index (χ1v) is 8.50. The van der Waals surface area contributed by atoms with E-state index < -0.39 is 0 Å². The van der Waals surface area contributed by atoms with Crippen molar-refractivity contribution in [2.45, 2.75) is 19.1 Å². The van der Waals surface area contributed by atoms with E-state index in [1.54, 1.807) is 13.0 Å². The number of aryl methyl sites for hydroxylation is 2. The van der Waals surface area contributed by atoms with Crippen LogP contribution in [0.25, 0.3) is 11.1 Å². The van der Waals surface area contributed by atoms with Crippen LogP contribution in [0.1, 0.15) is 21.6 Å². The van der Waals surface area contributed by atoms with Crippen LogP contribution in [0.2, 0.25) is 0 Å². The molecule has 2 heterocycles. The minimum absolute atomic E-state index is 0.130. The van der Waals surface area contributed by atoms with Crippen molar-refractivity contribution >= 4 is 28.8 Å². The number of carbonyl (C=O) groups excluding carboxylic acids is 1. The molecule has 24 heavy (non-hydrogen) atoms. The summed E-state index contributed by atoms with van der Waals surface area (Å²) in [6, 6.07) is 9.15. The Kier molecular flexibility index (Phi) is 4.71. The first-order chi connectivity index (χ1) is 11.5. The van der Waals surface area contributed by atoms with Gasteiger partial charge in [0.1, 0.15) is 11.1 Å². The molecule has 0 bridgehead atoms. The number of hydrogen-bond donors (Lipinski definition) is 2. The molecule has 0 radical (unpaired) electrons. The van der Waals surface area contributed by atoms with Crippen LogP contribution in [0.15, 0.2) is 44.8 Å². The van der Waals surface area contributed by atoms with Gasteiger partial charge in [0.05, 0.1) is 0 Å². The third-order valence-electron chi connectivity index (χ3n) is 3.63. The summed E-state index contributed by atoms with van der Waals surface area (Å²) in [5, 5.41) is 3.31. The normalized spacial score (nSPS) is 10.9. The number of aromatic amines is 1. The second-order valence-corrected chi connectivity index (χ2v) is 6.42. The zero-order valence-corrected chi connectivity index (χ0v) is 14.2. The zero-order valence-electron chi connectivity index (χ0n) is 13.4. The number of benzene rings is 1. The van der Waals surface area contributed by atoms with E-state index in [1.165, 1.54) is 11.8 Å². The molecule has 0 spiro atoms. The van der Waals surface area contributed by atoms with Gasteiger partial charge >= 0.3 is 0 Å². The lowest BCUT2D eigenvalue weighted by Crippen LogP contribution is -2.31. The first kappa shape index (κ1) is 16.3. The molecule has 1 aromatic carbocycles. The van der Waals surface area contributed by atoms with Crippen LogP contribution in [-0.4, -0.2) is 28.2 Å². The topological polar surface area (TPSA) is 88.0 Å². The fourth-order valence-electron chi connectivity index (χ4n) is 2.21. The molecule has 0 unspecified atom stereocenters. The third-order valence-corrected chi connectivity index (χ3v) is 4.46. The van der Waals surface area contributed by atoms with Gasteiger partial charge in [0.2, 0.25) is 0 Å². The monoisotopic (exact) mass is 343 g/mol. The second-order valence-electron chi connectivity index (χ2n) is 5.37. The Bertz CT molecular complexity index is 913. The van der Waals surface area contributed by atoms with Gasteiger partial charge < -0.3 is 14.7 Å². The van der Waals surface area contributed by atoms with Crippen molar-refractivity contribution < 1.29 is 9.21 Å². The number of carbonyl (C=O) groups is 1. The summed E-state index contributed by atoms with van der Waals surface area (Å²) in [5.74, 6) is 0.221. The van der Waals surface area contributed by atoms with E-state index in [0.717, 1.165) is 22.4 Å². The van der Waals surface area contributed by atoms with Crippen molar-refractivity contribution in [3.05, 3.63) is 57.5 Å². The van der Waals surface area contributed by atoms with Crippen molar-refractivity contribution in [2.75, 3.05) is 12.3 Å². The van der Waals surface area contributed by atoms with Crippen LogP contribution < -0.4 is 10.9 Å². The van der Waals surface area contributed by atoms with Crippen LogP contribution >= 0.6 is 11.8 Å². The van der Waals surface area contributed by atoms with E-state index in [0.29, 0.717) is 17.5 Å². The van der Waals surface area contributed by atoms with Crippen molar-refractivity contribution in [2.24, 2.45) is 0 Å². The molecule has 3 aromatic rings. The number of H-pyrrole nitrogens is 1. The predicted octanol–water partition coefficient (Wildman–Crippen LogP) is 2.66. The van der Waals surface area contributed by atoms with Crippen molar-refractivity contribution in [3.8, 4) is 0 Å². The number of fused-ring (bicyclic) bond motifs is 1. The van der Waals surface area contributed by atoms with E-state index in [-0.39, 0.29) is 17.0 Å². The molecule has 0 fully saturated rings. The second kappa shape index (κ2) is 6.92. The van der Waals surface area contributed by atoms with Gasteiger partial charge in [-0.1, -0.05) is 23.9 Å². The quantitative estimate of drug-likeness (QED) is 0.549. The highest BCUT2D eigenvalue weighted by molar-refractivity contribution is 7.99. The van der Waals surface area contributed by atoms with Crippen molar-refractivity contribution in [1.82, 2.24) is 15.3 Å². The summed E-state index contributed by atoms with van der Waals surface area (Å²) < 4.78 is 5.59. The Balaban J connectivity index is 1.55. The molecule has 124 valence electrons. The van der Waals surface area contributed by atoms with E-state index >= 15 is 0 Å². The SMILES string of the molecule is Cc1cc(C(=O)NCCSc2nc3ccccc3o2)c(=O)[nH]c1C. The van der Waals surface area contributed by atoms with Gasteiger partial charge in [-0.2, -0.15) is 0 Å². The molecule has 0 aliphatic carbocycles. The number of aromatic nitrogens is 2. The van der Waals surface area contributed by atoms with Gasteiger partial charge in [0, 0.05) is 18.0 Å². The average molecular weight is 343 g/mol. The Morgan fingerprint density at radius 3 is 2.92 bits per heavy atom. The molecule has 0 aliphatic rings. The van der Waals surface area contributed by atoms with Crippen LogP contribution in [0, 0.1) is 13.8 Å². The highest BCUT2D eigenvalue weighted by Crippen LogP contribution is 2.22. The zero-order chi connectivity index (χ0) is 17.1. The van der Waals surface area contributed by atoms with E-state index in [1.807, 2.05) is 31.2 Å². The lowest BCUT2D eigenvalue weighted by molar-refractivity contribution is 0.0954. The fraction of sp³-hybridized carbons (Fsp3) is 0.235. The number of rotatable bonds is 5. The molecule has 0 atom stereocenters. The van der Waals surface area contributed by atoms with Gasteiger partial charge in [-0.3, -0.25) is 9.59 Å². The number of oxazole rings is 1. The van der Waals surface area contributed by atoms with Crippen LogP contribution in [0.3, 0.4) is 0 Å². The maximum atomic E-state index is 12.1. The number of pyridine rings is 1. The van der Waals surface area contributed by atoms with Crippen molar-refractivity contribution in [3.63, 3.8) is 0 Å². The Labute approximate surface area is 142 Å². The van der Waals surface area contributed by atoms with Gasteiger partial charge in [0.25, 0.3) is 16.7 Å². The summed E-state index contributed by atoms with van der Waals surface area (Å²) >= 11 is 1.41. The Morgan fingerprint density at radius 1 is 1.33 bits per heavy atom. The summed E-state index contributed by atoms with van der Waals surface area (Å²) in [5.41, 5.74) is 2.95. The fourth-order valence-corrected chi connectivity index (χ4v) is 2.90. The molecule has 0 saturated carbocycles. The predicted molar refractivity (Wildman–Crippen MR) is 93.6 cm³/mol. The first-order valence-electron chi connectivity index (χ1n) is 7.51. The molecule has 0 aliphatic heterocycles. The Morgan fingerprint density at radius 2 is 2.12 bits per heavy atom. The highest BCUT2D eigenvalue weighted by Gasteiger charge is 2.12. The number of nitrogens with one attached hydrogen (secondary N) is 2. The molecule has 2 N–H and O–H groups in total. The number of nitrogens with zero attached hydrogens (tertiary/aromatic N) is 1. The number of amides is 1. The lowest BCUT2D eigenvalue weighted by Gasteiger charge is -2.06. The maximum absolute atomic E-state index is 12.1. The number of hydrogen-bond acceptors (Lipinski definition) is 5. The van der Waals surface area contributed by atoms with Gasteiger partial charge in [-0.25, -0.2) is 4.98 Å². The molecule has 7 heteroatoms. The molecular weight excluding hydrogens is 326 g/mol. The third kappa shape index (κ3) is 3.51. The lowest BCUT2D eigenvalue weighted by atomic mass is 10.1. The molecule has 1 amide bonds. The van der Waals surface area contributed by atoms with Gasteiger partial charge in [0.15, 0.2) is 5.58 Å². The maximum Gasteiger partial charge on any atom is 0.261 e. The summed E-state index contributed by atoms with van der Waals surface area (Å²) in [4.78, 5) is 31.0. The molecule has 6 nitrogen and oxygen atoms in total. The van der Waals surface area contributed by atoms with Crippen LogP contribution in [0.5, 0.6) is 0 Å². The summed E-state index contributed by atoms with van der Waals surface area (Å²) in [7, 11) is 0. The Hall–Kier alpha value is -2.54.